The van der Waals surface area contributed by atoms with Gasteiger partial charge in [0.05, 0.1) is 13.1 Å². The first kappa shape index (κ1) is 29.5. The molecule has 0 bridgehead atoms. The summed E-state index contributed by atoms with van der Waals surface area (Å²) in [6.07, 6.45) is 1.05. The molecule has 0 aromatic heterocycles. The average Bonchev–Trinajstić information content (AvgIpc) is 3.00. The summed E-state index contributed by atoms with van der Waals surface area (Å²) in [5.41, 5.74) is 2.99. The number of urea groups is 1. The highest BCUT2D eigenvalue weighted by molar-refractivity contribution is 5.94. The van der Waals surface area contributed by atoms with E-state index in [0.29, 0.717) is 5.56 Å². The summed E-state index contributed by atoms with van der Waals surface area (Å²) < 4.78 is 0. The molecule has 2 fully saturated rings. The fourth-order valence-electron chi connectivity index (χ4n) is 5.66. The van der Waals surface area contributed by atoms with Crippen LogP contribution >= 0.6 is 0 Å². The Morgan fingerprint density at radius 3 is 2.40 bits per heavy atom. The first-order chi connectivity index (χ1) is 20.7. The summed E-state index contributed by atoms with van der Waals surface area (Å²) in [7, 11) is 0. The van der Waals surface area contributed by atoms with E-state index in [1.807, 2.05) is 36.4 Å². The highest BCUT2D eigenvalue weighted by Gasteiger charge is 2.51. The fourth-order valence-corrected chi connectivity index (χ4v) is 5.66. The highest BCUT2D eigenvalue weighted by atomic mass is 16.3. The van der Waals surface area contributed by atoms with Crippen LogP contribution in [0.3, 0.4) is 0 Å². The molecule has 3 aromatic carbocycles. The Kier molecular flexibility index (Phi) is 8.87. The van der Waals surface area contributed by atoms with Crippen molar-refractivity contribution >= 4 is 23.6 Å². The van der Waals surface area contributed by atoms with Gasteiger partial charge in [0.25, 0.3) is 0 Å². The Hall–Kier alpha value is -4.96. The van der Waals surface area contributed by atoms with Crippen molar-refractivity contribution in [3.63, 3.8) is 0 Å². The molecule has 2 aliphatic rings. The van der Waals surface area contributed by atoms with Gasteiger partial charge >= 0.3 is 6.03 Å². The molecule has 0 unspecified atom stereocenters. The van der Waals surface area contributed by atoms with E-state index in [1.54, 1.807) is 46.3 Å². The summed E-state index contributed by atoms with van der Waals surface area (Å²) in [6, 6.07) is 21.9. The SMILES string of the molecule is C=CCN1CC(=O)N2[C@@H](Cc3ccc(O)cc3)C(=O)N(Cc3cccc(C(C)=O)c3)C[C@@H]2N1C(=O)NCc1ccccc1. The normalized spacial score (nSPS) is 18.8. The van der Waals surface area contributed by atoms with Crippen molar-refractivity contribution in [3.8, 4) is 5.75 Å². The van der Waals surface area contributed by atoms with Crippen LogP contribution in [0.1, 0.15) is 34.0 Å². The van der Waals surface area contributed by atoms with Crippen molar-refractivity contribution in [3.05, 3.63) is 114 Å². The lowest BCUT2D eigenvalue weighted by molar-refractivity contribution is -0.189. The highest BCUT2D eigenvalue weighted by Crippen LogP contribution is 2.29. The number of piperazine rings is 1. The van der Waals surface area contributed by atoms with Gasteiger partial charge in [0, 0.05) is 31.6 Å². The first-order valence-corrected chi connectivity index (χ1v) is 14.2. The number of amides is 4. The Morgan fingerprint density at radius 1 is 0.977 bits per heavy atom. The maximum atomic E-state index is 14.1. The van der Waals surface area contributed by atoms with E-state index in [1.165, 1.54) is 29.0 Å². The van der Waals surface area contributed by atoms with E-state index in [9.17, 15) is 24.3 Å². The molecule has 0 radical (unpaired) electrons. The van der Waals surface area contributed by atoms with Gasteiger partial charge in [-0.15, -0.1) is 6.58 Å². The molecule has 2 N–H and O–H groups in total. The topological polar surface area (TPSA) is 114 Å². The van der Waals surface area contributed by atoms with Crippen LogP contribution in [0.5, 0.6) is 5.75 Å². The number of phenols is 1. The van der Waals surface area contributed by atoms with Gasteiger partial charge < -0.3 is 20.2 Å². The van der Waals surface area contributed by atoms with Gasteiger partial charge in [0.15, 0.2) is 5.78 Å². The number of hydrogen-bond acceptors (Lipinski definition) is 6. The van der Waals surface area contributed by atoms with Crippen molar-refractivity contribution in [1.82, 2.24) is 25.1 Å². The number of hydrazine groups is 1. The summed E-state index contributed by atoms with van der Waals surface area (Å²) in [5, 5.41) is 15.9. The average molecular weight is 582 g/mol. The number of nitrogens with zero attached hydrogens (tertiary/aromatic N) is 4. The summed E-state index contributed by atoms with van der Waals surface area (Å²) >= 11 is 0. The lowest BCUT2D eigenvalue weighted by atomic mass is 9.98. The smallest absolute Gasteiger partial charge is 0.334 e. The van der Waals surface area contributed by atoms with Gasteiger partial charge in [-0.1, -0.05) is 66.7 Å². The van der Waals surface area contributed by atoms with E-state index in [2.05, 4.69) is 11.9 Å². The number of Topliss-reactive ketones (excluding diaryl/α,β-unsaturated/α-hetero) is 1. The standard InChI is InChI=1S/C33H35N5O5/c1-3-16-36-22-31(41)37-29(18-24-12-14-28(40)15-13-24)32(42)35(20-26-10-7-11-27(17-26)23(2)39)21-30(37)38(36)33(43)34-19-25-8-5-4-6-9-25/h3-15,17,29-30,40H,1,16,18-22H2,2H3,(H,34,43)/t29-,30-/m0/s1. The van der Waals surface area contributed by atoms with Crippen molar-refractivity contribution in [1.29, 1.82) is 0 Å². The third kappa shape index (κ3) is 6.60. The van der Waals surface area contributed by atoms with E-state index in [-0.39, 0.29) is 62.5 Å². The van der Waals surface area contributed by atoms with Crippen molar-refractivity contribution in [2.45, 2.75) is 38.6 Å². The van der Waals surface area contributed by atoms with Crippen LogP contribution in [0.2, 0.25) is 0 Å². The molecule has 0 saturated carbocycles. The second-order valence-electron chi connectivity index (χ2n) is 10.8. The Labute approximate surface area is 250 Å². The van der Waals surface area contributed by atoms with E-state index in [4.69, 9.17) is 0 Å². The van der Waals surface area contributed by atoms with Crippen LogP contribution < -0.4 is 5.32 Å². The maximum absolute atomic E-state index is 14.1. The molecule has 10 heteroatoms. The number of carbonyl (C=O) groups excluding carboxylic acids is 4. The first-order valence-electron chi connectivity index (χ1n) is 14.2. The number of hydrogen-bond donors (Lipinski definition) is 2. The minimum Gasteiger partial charge on any atom is -0.508 e. The Balaban J connectivity index is 1.50. The lowest BCUT2D eigenvalue weighted by Crippen LogP contribution is -2.76. The third-order valence-corrected chi connectivity index (χ3v) is 7.74. The van der Waals surface area contributed by atoms with Crippen LogP contribution in [0.25, 0.3) is 0 Å². The molecule has 43 heavy (non-hydrogen) atoms. The largest absolute Gasteiger partial charge is 0.508 e. The van der Waals surface area contributed by atoms with Crippen LogP contribution in [-0.4, -0.2) is 80.4 Å². The van der Waals surface area contributed by atoms with Gasteiger partial charge in [-0.05, 0) is 41.8 Å². The van der Waals surface area contributed by atoms with E-state index < -0.39 is 18.2 Å². The van der Waals surface area contributed by atoms with Gasteiger partial charge in [-0.3, -0.25) is 14.4 Å². The quantitative estimate of drug-likeness (QED) is 0.296. The van der Waals surface area contributed by atoms with Crippen molar-refractivity contribution < 1.29 is 24.3 Å². The summed E-state index contributed by atoms with van der Waals surface area (Å²) in [4.78, 5) is 56.8. The van der Waals surface area contributed by atoms with E-state index >= 15 is 0 Å². The zero-order valence-corrected chi connectivity index (χ0v) is 24.1. The van der Waals surface area contributed by atoms with Crippen molar-refractivity contribution in [2.24, 2.45) is 0 Å². The molecule has 10 nitrogen and oxygen atoms in total. The van der Waals surface area contributed by atoms with Crippen LogP contribution in [0.15, 0.2) is 91.5 Å². The second kappa shape index (κ2) is 12.9. The molecule has 5 rings (SSSR count). The molecule has 0 aliphatic carbocycles. The number of fused-ring (bicyclic) bond motifs is 1. The number of phenolic OH excluding ortho intramolecular Hbond substituents is 1. The van der Waals surface area contributed by atoms with Gasteiger partial charge in [0.2, 0.25) is 11.8 Å². The van der Waals surface area contributed by atoms with Crippen LogP contribution in [-0.2, 0) is 29.1 Å². The maximum Gasteiger partial charge on any atom is 0.334 e. The number of carbonyl (C=O) groups is 4. The monoisotopic (exact) mass is 581 g/mol. The molecule has 2 heterocycles. The number of ketones is 1. The number of aromatic hydroxyl groups is 1. The van der Waals surface area contributed by atoms with Crippen molar-refractivity contribution in [2.75, 3.05) is 19.6 Å². The second-order valence-corrected chi connectivity index (χ2v) is 10.8. The zero-order chi connectivity index (χ0) is 30.5. The molecular formula is C33H35N5O5. The predicted molar refractivity (Wildman–Crippen MR) is 160 cm³/mol. The molecule has 3 aromatic rings. The van der Waals surface area contributed by atoms with Gasteiger partial charge in [-0.25, -0.2) is 14.8 Å². The van der Waals surface area contributed by atoms with E-state index in [0.717, 1.165) is 16.7 Å². The molecule has 0 spiro atoms. The fraction of sp³-hybridized carbons (Fsp3) is 0.273. The molecule has 222 valence electrons. The van der Waals surface area contributed by atoms with Crippen LogP contribution in [0.4, 0.5) is 4.79 Å². The summed E-state index contributed by atoms with van der Waals surface area (Å²) in [5.74, 6) is -0.511. The molecular weight excluding hydrogens is 546 g/mol. The molecule has 2 aliphatic heterocycles. The number of rotatable bonds is 9. The zero-order valence-electron chi connectivity index (χ0n) is 24.1. The Morgan fingerprint density at radius 2 is 1.70 bits per heavy atom. The predicted octanol–water partition coefficient (Wildman–Crippen LogP) is 3.33. The minimum atomic E-state index is -0.887. The molecule has 2 saturated heterocycles. The molecule has 4 amide bonds. The third-order valence-electron chi connectivity index (χ3n) is 7.74. The molecule has 2 atom stereocenters. The summed E-state index contributed by atoms with van der Waals surface area (Å²) in [6.45, 7) is 6.03. The Bertz CT molecular complexity index is 1510. The van der Waals surface area contributed by atoms with Gasteiger partial charge in [0.1, 0.15) is 18.0 Å². The van der Waals surface area contributed by atoms with Gasteiger partial charge in [-0.2, -0.15) is 0 Å². The minimum absolute atomic E-state index is 0.0767. The van der Waals surface area contributed by atoms with Crippen LogP contribution in [0, 0.1) is 0 Å². The number of nitrogens with one attached hydrogen (secondary N) is 1. The number of benzene rings is 3. The lowest BCUT2D eigenvalue weighted by Gasteiger charge is -2.55.